The van der Waals surface area contributed by atoms with Gasteiger partial charge in [0.25, 0.3) is 0 Å². The number of ether oxygens (including phenoxy) is 6. The Bertz CT molecular complexity index is 2060. The van der Waals surface area contributed by atoms with Crippen LogP contribution in [-0.2, 0) is 27.5 Å². The number of hydrogen-bond acceptors (Lipinski definition) is 10. The van der Waals surface area contributed by atoms with Crippen molar-refractivity contribution in [1.82, 2.24) is 10.6 Å². The summed E-state index contributed by atoms with van der Waals surface area (Å²) in [6.07, 6.45) is 1.26. The molecule has 7 rings (SSSR count). The number of hydrogen-bond donors (Lipinski definition) is 2. The van der Waals surface area contributed by atoms with E-state index in [9.17, 15) is 9.59 Å². The molecule has 0 unspecified atom stereocenters. The maximum absolute atomic E-state index is 12.3. The van der Waals surface area contributed by atoms with Crippen LogP contribution in [0.3, 0.4) is 0 Å². The molecule has 2 heterocycles. The van der Waals surface area contributed by atoms with Crippen LogP contribution >= 0.6 is 0 Å². The summed E-state index contributed by atoms with van der Waals surface area (Å²) in [4.78, 5) is 26.4. The first-order valence-electron chi connectivity index (χ1n) is 20.7. The lowest BCUT2D eigenvalue weighted by Gasteiger charge is -2.41. The zero-order valence-corrected chi connectivity index (χ0v) is 35.0. The Labute approximate surface area is 353 Å². The largest absolute Gasteiger partial charge is 0.494 e. The number of carbonyl (C=O) groups excluding carboxylic acids is 2. The van der Waals surface area contributed by atoms with E-state index < -0.39 is 6.09 Å². The summed E-state index contributed by atoms with van der Waals surface area (Å²) < 4.78 is 33.9. The average Bonchev–Trinajstić information content (AvgIpc) is 3.25. The number of rotatable bonds is 18. The van der Waals surface area contributed by atoms with E-state index in [4.69, 9.17) is 28.4 Å². The van der Waals surface area contributed by atoms with Gasteiger partial charge in [-0.1, -0.05) is 98.8 Å². The van der Waals surface area contributed by atoms with Crippen molar-refractivity contribution < 1.29 is 38.0 Å². The zero-order chi connectivity index (χ0) is 42.1. The average molecular weight is 816 g/mol. The van der Waals surface area contributed by atoms with E-state index in [0.29, 0.717) is 19.6 Å². The highest BCUT2D eigenvalue weighted by atomic mass is 16.5. The van der Waals surface area contributed by atoms with Gasteiger partial charge in [-0.25, -0.2) is 4.79 Å². The van der Waals surface area contributed by atoms with E-state index >= 15 is 0 Å². The summed E-state index contributed by atoms with van der Waals surface area (Å²) in [7, 11) is 1.68. The quantitative estimate of drug-likeness (QED) is 0.0831. The van der Waals surface area contributed by atoms with Gasteiger partial charge >= 0.3 is 12.1 Å². The van der Waals surface area contributed by atoms with E-state index in [2.05, 4.69) is 22.5 Å². The molecule has 0 radical (unpaired) electrons. The van der Waals surface area contributed by atoms with Gasteiger partial charge < -0.3 is 44.0 Å². The minimum atomic E-state index is -0.424. The molecule has 1 amide bonds. The van der Waals surface area contributed by atoms with Crippen molar-refractivity contribution >= 4 is 17.7 Å². The fourth-order valence-corrected chi connectivity index (χ4v) is 6.57. The van der Waals surface area contributed by atoms with Crippen LogP contribution in [0.2, 0.25) is 0 Å². The molecule has 0 bridgehead atoms. The van der Waals surface area contributed by atoms with Crippen LogP contribution in [0.5, 0.6) is 23.0 Å². The molecule has 5 aromatic carbocycles. The molecule has 2 aliphatic heterocycles. The Morgan fingerprint density at radius 2 is 1.28 bits per heavy atom. The Balaban J connectivity index is 0.000000218. The Morgan fingerprint density at radius 1 is 0.717 bits per heavy atom. The molecule has 11 nitrogen and oxygen atoms in total. The second-order valence-corrected chi connectivity index (χ2v) is 15.0. The van der Waals surface area contributed by atoms with Gasteiger partial charge in [-0.15, -0.1) is 0 Å². The molecule has 5 aromatic rings. The minimum absolute atomic E-state index is 0.0678. The van der Waals surface area contributed by atoms with E-state index in [1.54, 1.807) is 7.11 Å². The van der Waals surface area contributed by atoms with E-state index in [-0.39, 0.29) is 36.7 Å². The van der Waals surface area contributed by atoms with Crippen molar-refractivity contribution in [2.75, 3.05) is 44.8 Å². The van der Waals surface area contributed by atoms with Crippen molar-refractivity contribution in [3.63, 3.8) is 0 Å². The van der Waals surface area contributed by atoms with Crippen molar-refractivity contribution in [3.8, 4) is 23.0 Å². The van der Waals surface area contributed by atoms with Crippen LogP contribution < -0.4 is 34.5 Å². The Kier molecular flexibility index (Phi) is 16.1. The first-order chi connectivity index (χ1) is 29.3. The fraction of sp³-hybridized carbons (Fsp3) is 0.347. The topological polar surface area (TPSA) is 117 Å². The third kappa shape index (κ3) is 13.2. The molecule has 0 aliphatic carbocycles. The predicted octanol–water partition coefficient (Wildman–Crippen LogP) is 9.01. The van der Waals surface area contributed by atoms with Crippen LogP contribution in [0.1, 0.15) is 67.8 Å². The molecule has 0 saturated carbocycles. The monoisotopic (exact) mass is 815 g/mol. The third-order valence-electron chi connectivity index (χ3n) is 10.3. The SMILES string of the molecule is CCCOc1ccc(N2CC(Oc3ccc([C@H](C)CC(=O)OCc4ccccc4)cc3)C2)c(OC)c1.C[C@H](NC(=O)OCc1ccccc1)c1ccc(OC2CNC2)cc1. The number of methoxy groups -OCH3 is 1. The molecule has 60 heavy (non-hydrogen) atoms. The second kappa shape index (κ2) is 22.2. The molecule has 2 N–H and O–H groups in total. The van der Waals surface area contributed by atoms with Gasteiger partial charge in [-0.3, -0.25) is 4.79 Å². The lowest BCUT2D eigenvalue weighted by Crippen LogP contribution is -2.54. The van der Waals surface area contributed by atoms with E-state index in [1.807, 2.05) is 141 Å². The normalized spacial score (nSPS) is 14.5. The van der Waals surface area contributed by atoms with Crippen LogP contribution in [0, 0.1) is 0 Å². The number of carbonyl (C=O) groups is 2. The van der Waals surface area contributed by atoms with Gasteiger partial charge in [0.1, 0.15) is 48.4 Å². The second-order valence-electron chi connectivity index (χ2n) is 15.0. The predicted molar refractivity (Wildman–Crippen MR) is 233 cm³/mol. The summed E-state index contributed by atoms with van der Waals surface area (Å²) in [6.45, 7) is 10.7. The van der Waals surface area contributed by atoms with Gasteiger partial charge in [-0.05, 0) is 77.9 Å². The molecule has 2 aliphatic rings. The summed E-state index contributed by atoms with van der Waals surface area (Å²) >= 11 is 0. The van der Waals surface area contributed by atoms with Gasteiger partial charge in [-0.2, -0.15) is 0 Å². The molecular formula is C49H57N3O8. The molecule has 316 valence electrons. The maximum atomic E-state index is 12.3. The molecule has 2 atom stereocenters. The van der Waals surface area contributed by atoms with Crippen LogP contribution in [0.15, 0.2) is 127 Å². The number of nitrogens with zero attached hydrogens (tertiary/aromatic N) is 1. The van der Waals surface area contributed by atoms with Crippen molar-refractivity contribution in [3.05, 3.63) is 150 Å². The van der Waals surface area contributed by atoms with E-state index in [0.717, 1.165) is 83.5 Å². The molecular weight excluding hydrogens is 759 g/mol. The number of benzene rings is 5. The smallest absolute Gasteiger partial charge is 0.407 e. The molecule has 11 heteroatoms. The van der Waals surface area contributed by atoms with Gasteiger partial charge in [0.15, 0.2) is 0 Å². The van der Waals surface area contributed by atoms with Gasteiger partial charge in [0, 0.05) is 19.2 Å². The van der Waals surface area contributed by atoms with Gasteiger partial charge in [0.2, 0.25) is 0 Å². The minimum Gasteiger partial charge on any atom is -0.494 e. The van der Waals surface area contributed by atoms with Crippen LogP contribution in [0.25, 0.3) is 0 Å². The number of esters is 1. The number of amides is 1. The summed E-state index contributed by atoms with van der Waals surface area (Å²) in [5.74, 6) is 3.19. The molecule has 2 fully saturated rings. The van der Waals surface area contributed by atoms with Crippen LogP contribution in [-0.4, -0.2) is 64.2 Å². The number of nitrogens with one attached hydrogen (secondary N) is 2. The van der Waals surface area contributed by atoms with Crippen molar-refractivity contribution in [2.45, 2.75) is 71.0 Å². The summed E-state index contributed by atoms with van der Waals surface area (Å²) in [5.41, 5.74) is 5.10. The Morgan fingerprint density at radius 3 is 1.85 bits per heavy atom. The first kappa shape index (κ1) is 43.4. The van der Waals surface area contributed by atoms with Crippen molar-refractivity contribution in [2.24, 2.45) is 0 Å². The fourth-order valence-electron chi connectivity index (χ4n) is 6.57. The highest BCUT2D eigenvalue weighted by Gasteiger charge is 2.31. The molecule has 0 spiro atoms. The van der Waals surface area contributed by atoms with Crippen LogP contribution in [0.4, 0.5) is 10.5 Å². The highest BCUT2D eigenvalue weighted by Crippen LogP contribution is 2.36. The Hall–Kier alpha value is -6.20. The zero-order valence-electron chi connectivity index (χ0n) is 35.0. The number of alkyl carbamates (subject to hydrolysis) is 1. The third-order valence-corrected chi connectivity index (χ3v) is 10.3. The summed E-state index contributed by atoms with van der Waals surface area (Å²) in [6, 6.07) is 41.0. The lowest BCUT2D eigenvalue weighted by atomic mass is 9.98. The highest BCUT2D eigenvalue weighted by molar-refractivity contribution is 5.70. The maximum Gasteiger partial charge on any atom is 0.407 e. The lowest BCUT2D eigenvalue weighted by molar-refractivity contribution is -0.145. The number of anilines is 1. The van der Waals surface area contributed by atoms with Gasteiger partial charge in [0.05, 0.1) is 45.0 Å². The standard InChI is InChI=1S/C30H35NO5.C19H22N2O3/c1-4-16-34-26-14-15-28(29(18-26)33-3)31-19-27(20-31)36-25-12-10-24(11-13-25)22(2)17-30(32)35-21-23-8-6-5-7-9-23;1-14(21-19(22)23-13-15-5-3-2-4-6-15)16-7-9-17(10-8-16)24-18-11-20-12-18/h5-15,18,22,27H,4,16-17,19-21H2,1-3H3;2-10,14,18,20H,11-13H2,1H3,(H,21,22)/t22-;14-/m10/s1. The molecule has 0 aromatic heterocycles. The summed E-state index contributed by atoms with van der Waals surface area (Å²) in [5, 5.41) is 6.01. The first-order valence-corrected chi connectivity index (χ1v) is 20.7. The molecule has 2 saturated heterocycles. The van der Waals surface area contributed by atoms with Crippen molar-refractivity contribution in [1.29, 1.82) is 0 Å². The van der Waals surface area contributed by atoms with E-state index in [1.165, 1.54) is 0 Å².